The second kappa shape index (κ2) is 9.66. The summed E-state index contributed by atoms with van der Waals surface area (Å²) in [5.41, 5.74) is 1.42. The minimum Gasteiger partial charge on any atom is -0.478 e. The van der Waals surface area contributed by atoms with Gasteiger partial charge in [0.05, 0.1) is 6.10 Å². The van der Waals surface area contributed by atoms with Crippen molar-refractivity contribution in [1.82, 2.24) is 0 Å². The first-order valence-electron chi connectivity index (χ1n) is 14.1. The Morgan fingerprint density at radius 1 is 1.11 bits per heavy atom. The minimum absolute atomic E-state index is 0.00236. The molecule has 2 N–H and O–H groups in total. The van der Waals surface area contributed by atoms with E-state index in [1.165, 1.54) is 6.92 Å². The molecule has 206 valence electrons. The molecule has 0 bridgehead atoms. The molecule has 4 rings (SSSR count). The highest BCUT2D eigenvalue weighted by Crippen LogP contribution is 2.74. The summed E-state index contributed by atoms with van der Waals surface area (Å²) < 4.78 is 5.86. The number of aliphatic carboxylic acids is 1. The monoisotopic (exact) mass is 514 g/mol. The summed E-state index contributed by atoms with van der Waals surface area (Å²) in [7, 11) is 0. The number of fused-ring (bicyclic) bond motifs is 5. The van der Waals surface area contributed by atoms with E-state index >= 15 is 0 Å². The molecule has 37 heavy (non-hydrogen) atoms. The number of aliphatic hydroxyl groups excluding tert-OH is 1. The number of esters is 1. The van der Waals surface area contributed by atoms with Crippen molar-refractivity contribution >= 4 is 17.7 Å². The first-order valence-corrected chi connectivity index (χ1v) is 14.1. The maximum absolute atomic E-state index is 12.6. The van der Waals surface area contributed by atoms with Crippen LogP contribution in [0.3, 0.4) is 0 Å². The lowest BCUT2D eigenvalue weighted by atomic mass is 9.36. The topological polar surface area (TPSA) is 101 Å². The van der Waals surface area contributed by atoms with Gasteiger partial charge in [0.2, 0.25) is 0 Å². The predicted molar refractivity (Wildman–Crippen MR) is 142 cm³/mol. The lowest BCUT2D eigenvalue weighted by Gasteiger charge is -2.68. The highest BCUT2D eigenvalue weighted by Gasteiger charge is 2.70. The maximum Gasteiger partial charge on any atom is 0.331 e. The van der Waals surface area contributed by atoms with E-state index in [1.54, 1.807) is 0 Å². The Morgan fingerprint density at radius 2 is 1.78 bits per heavy atom. The van der Waals surface area contributed by atoms with E-state index in [1.807, 2.05) is 19.9 Å². The van der Waals surface area contributed by atoms with Crippen molar-refractivity contribution in [2.24, 2.45) is 39.9 Å². The van der Waals surface area contributed by atoms with Crippen molar-refractivity contribution in [1.29, 1.82) is 0 Å². The van der Waals surface area contributed by atoms with E-state index in [9.17, 15) is 24.6 Å². The number of Topliss-reactive ketones (excluding diaryl/α,β-unsaturated/α-hetero) is 1. The molecule has 0 spiro atoms. The van der Waals surface area contributed by atoms with Crippen LogP contribution in [0, 0.1) is 39.9 Å². The van der Waals surface area contributed by atoms with Gasteiger partial charge in [-0.3, -0.25) is 9.59 Å². The molecule has 0 aromatic rings. The van der Waals surface area contributed by atoms with Crippen LogP contribution < -0.4 is 0 Å². The summed E-state index contributed by atoms with van der Waals surface area (Å²) in [6.45, 7) is 14.3. The van der Waals surface area contributed by atoms with Gasteiger partial charge in [0.25, 0.3) is 0 Å². The number of allylic oxidation sites excluding steroid dienone is 2. The quantitative estimate of drug-likeness (QED) is 0.270. The van der Waals surface area contributed by atoms with Crippen molar-refractivity contribution in [3.63, 3.8) is 0 Å². The molecule has 6 nitrogen and oxygen atoms in total. The molecular formula is C31H46O6. The first kappa shape index (κ1) is 28.1. The van der Waals surface area contributed by atoms with Gasteiger partial charge in [-0.05, 0) is 98.4 Å². The van der Waals surface area contributed by atoms with Crippen molar-refractivity contribution in [2.75, 3.05) is 0 Å². The number of hydrogen-bond donors (Lipinski definition) is 2. The number of rotatable bonds is 5. The van der Waals surface area contributed by atoms with Crippen LogP contribution in [0.25, 0.3) is 0 Å². The molecule has 0 heterocycles. The van der Waals surface area contributed by atoms with Crippen molar-refractivity contribution in [2.45, 2.75) is 112 Å². The Balaban J connectivity index is 1.83. The number of ketones is 1. The van der Waals surface area contributed by atoms with E-state index in [4.69, 9.17) is 4.74 Å². The summed E-state index contributed by atoms with van der Waals surface area (Å²) in [5, 5.41) is 22.2. The van der Waals surface area contributed by atoms with Gasteiger partial charge in [-0.15, -0.1) is 0 Å². The Labute approximate surface area is 221 Å². The van der Waals surface area contributed by atoms with E-state index < -0.39 is 24.1 Å². The molecule has 0 amide bonds. The summed E-state index contributed by atoms with van der Waals surface area (Å²) in [6.07, 6.45) is 6.01. The Morgan fingerprint density at radius 3 is 2.38 bits per heavy atom. The second-order valence-corrected chi connectivity index (χ2v) is 13.4. The highest BCUT2D eigenvalue weighted by molar-refractivity contribution is 5.88. The fraction of sp³-hybridized carbons (Fsp3) is 0.774. The Hall–Kier alpha value is -1.95. The molecule has 0 aliphatic heterocycles. The third kappa shape index (κ3) is 4.31. The molecule has 0 saturated heterocycles. The molecule has 0 aromatic heterocycles. The van der Waals surface area contributed by atoms with Crippen LogP contribution in [0.15, 0.2) is 22.8 Å². The molecule has 0 aromatic carbocycles. The molecule has 9 atom stereocenters. The number of carbonyl (C=O) groups is 3. The average Bonchev–Trinajstić information content (AvgIpc) is 3.05. The minimum atomic E-state index is -0.962. The molecule has 1 unspecified atom stereocenters. The summed E-state index contributed by atoms with van der Waals surface area (Å²) >= 11 is 0. The third-order valence-corrected chi connectivity index (χ3v) is 11.4. The predicted octanol–water partition coefficient (Wildman–Crippen LogP) is 5.87. The normalized spacial score (nSPS) is 44.3. The molecule has 4 saturated carbocycles. The van der Waals surface area contributed by atoms with Gasteiger partial charge in [-0.2, -0.15) is 0 Å². The van der Waals surface area contributed by atoms with Crippen LogP contribution >= 0.6 is 0 Å². The molecule has 0 radical (unpaired) electrons. The number of hydrogen-bond acceptors (Lipinski definition) is 5. The van der Waals surface area contributed by atoms with Crippen molar-refractivity contribution in [3.8, 4) is 0 Å². The van der Waals surface area contributed by atoms with Gasteiger partial charge in [0, 0.05) is 24.8 Å². The molecule has 6 heteroatoms. The average molecular weight is 515 g/mol. The van der Waals surface area contributed by atoms with Crippen LogP contribution in [0.1, 0.15) is 99.8 Å². The summed E-state index contributed by atoms with van der Waals surface area (Å²) in [4.78, 5) is 37.4. The Bertz CT molecular complexity index is 1040. The van der Waals surface area contributed by atoms with Gasteiger partial charge >= 0.3 is 11.9 Å². The fourth-order valence-corrected chi connectivity index (χ4v) is 9.60. The number of aliphatic hydroxyl groups is 1. The SMILES string of the molecule is CC(=O)O[C@H]1C[C@@]2(C)C(C[C@@H](O)[C@H]3[C@@]4(C)CCC(=O)[C@@H](C)[C@@H]4CC[C@@]32C)/C1=C(\CCC=C(C)C)C(=O)O. The first-order chi connectivity index (χ1) is 17.2. The van der Waals surface area contributed by atoms with Gasteiger partial charge in [0.15, 0.2) is 0 Å². The summed E-state index contributed by atoms with van der Waals surface area (Å²) in [5.74, 6) is -0.945. The van der Waals surface area contributed by atoms with Gasteiger partial charge < -0.3 is 14.9 Å². The van der Waals surface area contributed by atoms with Gasteiger partial charge in [0.1, 0.15) is 11.9 Å². The highest BCUT2D eigenvalue weighted by atomic mass is 16.5. The third-order valence-electron chi connectivity index (χ3n) is 11.4. The maximum atomic E-state index is 12.6. The fourth-order valence-electron chi connectivity index (χ4n) is 9.60. The molecule has 4 aliphatic rings. The number of carboxylic acid groups (broad SMARTS) is 1. The van der Waals surface area contributed by atoms with E-state index in [-0.39, 0.29) is 39.9 Å². The van der Waals surface area contributed by atoms with Crippen LogP contribution in [-0.2, 0) is 19.1 Å². The zero-order chi connectivity index (χ0) is 27.5. The number of carbonyl (C=O) groups excluding carboxylic acids is 2. The number of carboxylic acids is 1. The Kier molecular flexibility index (Phi) is 7.33. The molecule has 4 aliphatic carbocycles. The number of ether oxygens (including phenoxy) is 1. The standard InChI is InChI=1S/C31H46O6/c1-17(2)9-8-10-20(28(35)36)26-22-15-24(34)27-29(5)13-12-23(33)18(3)21(29)11-14-30(27,6)31(22,7)16-25(26)37-19(4)32/h9,18,21-22,24-25,27,34H,8,10-16H2,1-7H3,(H,35,36)/b26-20-/t18-,21-,22?,24+,25-,27-,29-,30-,31-/m0/s1. The second-order valence-electron chi connectivity index (χ2n) is 13.4. The van der Waals surface area contributed by atoms with E-state index in [0.717, 1.165) is 24.8 Å². The smallest absolute Gasteiger partial charge is 0.331 e. The lowest BCUT2D eigenvalue weighted by molar-refractivity contribution is -0.223. The van der Waals surface area contributed by atoms with E-state index in [0.29, 0.717) is 49.0 Å². The summed E-state index contributed by atoms with van der Waals surface area (Å²) in [6, 6.07) is 0. The van der Waals surface area contributed by atoms with E-state index in [2.05, 4.69) is 27.7 Å². The zero-order valence-electron chi connectivity index (χ0n) is 23.7. The lowest BCUT2D eigenvalue weighted by Crippen LogP contribution is -2.65. The van der Waals surface area contributed by atoms with Crippen LogP contribution in [0.2, 0.25) is 0 Å². The van der Waals surface area contributed by atoms with Crippen molar-refractivity contribution in [3.05, 3.63) is 22.8 Å². The zero-order valence-corrected chi connectivity index (χ0v) is 23.7. The van der Waals surface area contributed by atoms with Gasteiger partial charge in [-0.25, -0.2) is 4.79 Å². The van der Waals surface area contributed by atoms with Gasteiger partial charge in [-0.1, -0.05) is 39.3 Å². The largest absolute Gasteiger partial charge is 0.478 e. The molecule has 4 fully saturated rings. The van der Waals surface area contributed by atoms with Crippen molar-refractivity contribution < 1.29 is 29.3 Å². The van der Waals surface area contributed by atoms with Crippen LogP contribution in [0.5, 0.6) is 0 Å². The molecular weight excluding hydrogens is 468 g/mol. The van der Waals surface area contributed by atoms with Crippen LogP contribution in [-0.4, -0.2) is 40.1 Å². The van der Waals surface area contributed by atoms with Crippen LogP contribution in [0.4, 0.5) is 0 Å².